The minimum atomic E-state index is -0.138. The number of hydrogen-bond donors (Lipinski definition) is 1. The molecule has 1 rings (SSSR count). The van der Waals surface area contributed by atoms with Crippen molar-refractivity contribution in [2.24, 2.45) is 0 Å². The number of anilines is 1. The Morgan fingerprint density at radius 1 is 1.27 bits per heavy atom. The van der Waals surface area contributed by atoms with Crippen LogP contribution in [-0.4, -0.2) is 20.1 Å². The van der Waals surface area contributed by atoms with E-state index in [1.165, 1.54) is 6.92 Å². The normalized spacial score (nSPS) is 9.60. The molecule has 4 heteroatoms. The molecular formula is C11H15NO3. The van der Waals surface area contributed by atoms with E-state index in [0.29, 0.717) is 17.2 Å². The average Bonchev–Trinajstić information content (AvgIpc) is 2.15. The fraction of sp³-hybridized carbons (Fsp3) is 0.364. The third-order valence-electron chi connectivity index (χ3n) is 1.93. The highest BCUT2D eigenvalue weighted by Crippen LogP contribution is 2.36. The predicted molar refractivity (Wildman–Crippen MR) is 58.6 cm³/mol. The van der Waals surface area contributed by atoms with Gasteiger partial charge in [0.05, 0.1) is 19.9 Å². The van der Waals surface area contributed by atoms with Gasteiger partial charge >= 0.3 is 0 Å². The van der Waals surface area contributed by atoms with Gasteiger partial charge < -0.3 is 14.8 Å². The Morgan fingerprint density at radius 3 is 2.40 bits per heavy atom. The van der Waals surface area contributed by atoms with Gasteiger partial charge in [-0.05, 0) is 24.6 Å². The third kappa shape index (κ3) is 2.62. The number of rotatable bonds is 3. The van der Waals surface area contributed by atoms with E-state index in [2.05, 4.69) is 5.32 Å². The van der Waals surface area contributed by atoms with Crippen molar-refractivity contribution in [1.29, 1.82) is 0 Å². The van der Waals surface area contributed by atoms with Gasteiger partial charge in [0.25, 0.3) is 0 Å². The van der Waals surface area contributed by atoms with Crippen LogP contribution in [0.4, 0.5) is 5.69 Å². The Bertz CT molecular complexity index is 374. The zero-order valence-electron chi connectivity index (χ0n) is 9.38. The lowest BCUT2D eigenvalue weighted by Gasteiger charge is -2.13. The number of ether oxygens (including phenoxy) is 2. The van der Waals surface area contributed by atoms with Gasteiger partial charge in [-0.25, -0.2) is 0 Å². The summed E-state index contributed by atoms with van der Waals surface area (Å²) in [5.41, 5.74) is 1.62. The molecule has 15 heavy (non-hydrogen) atoms. The lowest BCUT2D eigenvalue weighted by molar-refractivity contribution is -0.114. The van der Waals surface area contributed by atoms with Crippen molar-refractivity contribution in [3.8, 4) is 11.5 Å². The maximum atomic E-state index is 11.0. The Morgan fingerprint density at radius 2 is 1.93 bits per heavy atom. The summed E-state index contributed by atoms with van der Waals surface area (Å²) in [7, 11) is 3.10. The topological polar surface area (TPSA) is 47.6 Å². The van der Waals surface area contributed by atoms with Crippen LogP contribution in [0.25, 0.3) is 0 Å². The van der Waals surface area contributed by atoms with Crippen LogP contribution in [0.1, 0.15) is 12.5 Å². The van der Waals surface area contributed by atoms with Gasteiger partial charge in [-0.1, -0.05) is 0 Å². The van der Waals surface area contributed by atoms with Crippen molar-refractivity contribution in [1.82, 2.24) is 0 Å². The second-order valence-electron chi connectivity index (χ2n) is 3.23. The number of hydrogen-bond acceptors (Lipinski definition) is 3. The Hall–Kier alpha value is -1.71. The maximum Gasteiger partial charge on any atom is 0.221 e. The number of carbonyl (C=O) groups excluding carboxylic acids is 1. The molecule has 0 fully saturated rings. The monoisotopic (exact) mass is 209 g/mol. The zero-order chi connectivity index (χ0) is 11.4. The van der Waals surface area contributed by atoms with Crippen molar-refractivity contribution in [3.05, 3.63) is 17.7 Å². The molecule has 1 aromatic rings. The van der Waals surface area contributed by atoms with E-state index < -0.39 is 0 Å². The second kappa shape index (κ2) is 4.68. The second-order valence-corrected chi connectivity index (χ2v) is 3.23. The summed E-state index contributed by atoms with van der Waals surface area (Å²) in [5, 5.41) is 2.70. The summed E-state index contributed by atoms with van der Waals surface area (Å²) in [4.78, 5) is 11.0. The molecule has 0 aliphatic rings. The van der Waals surface area contributed by atoms with Crippen LogP contribution in [0.15, 0.2) is 12.1 Å². The molecule has 4 nitrogen and oxygen atoms in total. The Balaban J connectivity index is 3.22. The predicted octanol–water partition coefficient (Wildman–Crippen LogP) is 1.97. The number of carbonyl (C=O) groups is 1. The lowest BCUT2D eigenvalue weighted by atomic mass is 10.2. The Kier molecular flexibility index (Phi) is 3.55. The summed E-state index contributed by atoms with van der Waals surface area (Å²) in [5.74, 6) is 1.01. The summed E-state index contributed by atoms with van der Waals surface area (Å²) in [6.07, 6.45) is 0. The van der Waals surface area contributed by atoms with Crippen LogP contribution >= 0.6 is 0 Å². The van der Waals surface area contributed by atoms with E-state index in [0.717, 1.165) is 5.56 Å². The number of benzene rings is 1. The van der Waals surface area contributed by atoms with E-state index in [1.54, 1.807) is 14.2 Å². The smallest absolute Gasteiger partial charge is 0.221 e. The molecule has 0 saturated heterocycles. The van der Waals surface area contributed by atoms with Crippen molar-refractivity contribution in [3.63, 3.8) is 0 Å². The zero-order valence-corrected chi connectivity index (χ0v) is 9.38. The van der Waals surface area contributed by atoms with Crippen LogP contribution in [0.2, 0.25) is 0 Å². The minimum Gasteiger partial charge on any atom is -0.493 e. The summed E-state index contributed by atoms with van der Waals surface area (Å²) < 4.78 is 10.3. The number of amides is 1. The van der Waals surface area contributed by atoms with E-state index in [-0.39, 0.29) is 5.91 Å². The molecular weight excluding hydrogens is 194 g/mol. The van der Waals surface area contributed by atoms with Gasteiger partial charge in [-0.2, -0.15) is 0 Å². The maximum absolute atomic E-state index is 11.0. The Labute approximate surface area is 89.2 Å². The number of nitrogens with one attached hydrogen (secondary N) is 1. The van der Waals surface area contributed by atoms with Gasteiger partial charge in [0.2, 0.25) is 5.91 Å². The van der Waals surface area contributed by atoms with Crippen molar-refractivity contribution >= 4 is 11.6 Å². The van der Waals surface area contributed by atoms with E-state index in [1.807, 2.05) is 19.1 Å². The molecule has 1 amide bonds. The van der Waals surface area contributed by atoms with Gasteiger partial charge in [0.15, 0.2) is 11.5 Å². The summed E-state index contributed by atoms with van der Waals surface area (Å²) >= 11 is 0. The third-order valence-corrected chi connectivity index (χ3v) is 1.93. The highest BCUT2D eigenvalue weighted by atomic mass is 16.5. The van der Waals surface area contributed by atoms with E-state index in [9.17, 15) is 4.79 Å². The molecule has 0 aromatic heterocycles. The van der Waals surface area contributed by atoms with Crippen LogP contribution in [0.5, 0.6) is 11.5 Å². The largest absolute Gasteiger partial charge is 0.493 e. The molecule has 0 saturated carbocycles. The summed E-state index contributed by atoms with van der Waals surface area (Å²) in [6.45, 7) is 3.38. The van der Waals surface area contributed by atoms with Crippen LogP contribution in [0, 0.1) is 6.92 Å². The average molecular weight is 209 g/mol. The van der Waals surface area contributed by atoms with Crippen molar-refractivity contribution < 1.29 is 14.3 Å². The van der Waals surface area contributed by atoms with E-state index >= 15 is 0 Å². The molecule has 0 aliphatic carbocycles. The highest BCUT2D eigenvalue weighted by Gasteiger charge is 2.11. The quantitative estimate of drug-likeness (QED) is 0.827. The molecule has 0 unspecified atom stereocenters. The molecule has 0 bridgehead atoms. The highest BCUT2D eigenvalue weighted by molar-refractivity contribution is 5.91. The fourth-order valence-electron chi connectivity index (χ4n) is 1.38. The fourth-order valence-corrected chi connectivity index (χ4v) is 1.38. The lowest BCUT2D eigenvalue weighted by Crippen LogP contribution is -2.08. The first kappa shape index (κ1) is 11.4. The van der Waals surface area contributed by atoms with Gasteiger partial charge in [-0.3, -0.25) is 4.79 Å². The van der Waals surface area contributed by atoms with Gasteiger partial charge in [0, 0.05) is 6.92 Å². The standard InChI is InChI=1S/C11H15NO3/c1-7-5-9(12-8(2)13)11(15-4)10(6-7)14-3/h5-6H,1-4H3,(H,12,13). The molecule has 0 aliphatic heterocycles. The molecule has 0 heterocycles. The van der Waals surface area contributed by atoms with Crippen molar-refractivity contribution in [2.45, 2.75) is 13.8 Å². The summed E-state index contributed by atoms with van der Waals surface area (Å²) in [6, 6.07) is 3.69. The molecule has 1 aromatic carbocycles. The first-order valence-corrected chi connectivity index (χ1v) is 4.58. The van der Waals surface area contributed by atoms with Gasteiger partial charge in [-0.15, -0.1) is 0 Å². The van der Waals surface area contributed by atoms with Crippen molar-refractivity contribution in [2.75, 3.05) is 19.5 Å². The minimum absolute atomic E-state index is 0.138. The van der Waals surface area contributed by atoms with Gasteiger partial charge in [0.1, 0.15) is 0 Å². The number of methoxy groups -OCH3 is 2. The first-order valence-electron chi connectivity index (χ1n) is 4.58. The van der Waals surface area contributed by atoms with Crippen LogP contribution in [0.3, 0.4) is 0 Å². The molecule has 0 radical (unpaired) electrons. The van der Waals surface area contributed by atoms with E-state index in [4.69, 9.17) is 9.47 Å². The number of aryl methyl sites for hydroxylation is 1. The van der Waals surface area contributed by atoms with Crippen LogP contribution < -0.4 is 14.8 Å². The molecule has 0 spiro atoms. The molecule has 82 valence electrons. The first-order chi connectivity index (χ1) is 7.08. The SMILES string of the molecule is COc1cc(C)cc(NC(C)=O)c1OC. The molecule has 1 N–H and O–H groups in total. The van der Waals surface area contributed by atoms with Crippen LogP contribution in [-0.2, 0) is 4.79 Å². The molecule has 0 atom stereocenters.